The normalized spacial score (nSPS) is 10.7. The predicted octanol–water partition coefficient (Wildman–Crippen LogP) is 2.37. The number of hydrogen-bond donors (Lipinski definition) is 0. The molecule has 0 saturated heterocycles. The first-order valence-electron chi connectivity index (χ1n) is 2.26. The Kier molecular flexibility index (Phi) is 9.22. The van der Waals surface area contributed by atoms with Crippen LogP contribution in [0.3, 0.4) is 0 Å². The molecule has 0 radical (unpaired) electrons. The summed E-state index contributed by atoms with van der Waals surface area (Å²) < 4.78 is 11.4. The van der Waals surface area contributed by atoms with Crippen molar-refractivity contribution in [1.82, 2.24) is 0 Å². The molecule has 0 aliphatic rings. The molecule has 5 heteroatoms. The summed E-state index contributed by atoms with van der Waals surface area (Å²) >= 11 is 9.67. The van der Waals surface area contributed by atoms with Crippen molar-refractivity contribution >= 4 is 56.8 Å². The van der Waals surface area contributed by atoms with Crippen LogP contribution < -0.4 is 0 Å². The fourth-order valence-electron chi connectivity index (χ4n) is 0.278. The Morgan fingerprint density at radius 2 is 1.67 bits per heavy atom. The van der Waals surface area contributed by atoms with Crippen LogP contribution in [0.4, 0.5) is 0 Å². The quantitative estimate of drug-likeness (QED) is 0.417. The molecule has 0 aliphatic carbocycles. The molecule has 0 fully saturated rings. The van der Waals surface area contributed by atoms with Gasteiger partial charge in [0.2, 0.25) is 0 Å². The maximum Gasteiger partial charge on any atom is 0.173 e. The fourth-order valence-corrected chi connectivity index (χ4v) is 1.26. The van der Waals surface area contributed by atoms with Crippen LogP contribution in [0.5, 0.6) is 0 Å². The zero-order chi connectivity index (χ0) is 7.11. The Morgan fingerprint density at radius 1 is 1.22 bits per heavy atom. The lowest BCUT2D eigenvalue weighted by atomic mass is 10.7. The van der Waals surface area contributed by atoms with Gasteiger partial charge in [-0.3, -0.25) is 0 Å². The highest BCUT2D eigenvalue weighted by molar-refractivity contribution is 14.1. The second-order valence-electron chi connectivity index (χ2n) is 1.14. The molecule has 0 heterocycles. The van der Waals surface area contributed by atoms with Crippen LogP contribution in [0.25, 0.3) is 0 Å². The van der Waals surface area contributed by atoms with Crippen LogP contribution in [0.1, 0.15) is 0 Å². The van der Waals surface area contributed by atoms with Crippen molar-refractivity contribution in [2.75, 3.05) is 15.1 Å². The van der Waals surface area contributed by atoms with E-state index in [-0.39, 0.29) is 6.29 Å². The van der Waals surface area contributed by atoms with E-state index in [1.165, 1.54) is 0 Å². The summed E-state index contributed by atoms with van der Waals surface area (Å²) in [5.41, 5.74) is 0. The molecule has 0 aliphatic heterocycles. The zero-order valence-corrected chi connectivity index (χ0v) is 9.72. The number of halogens is 3. The third-order valence-electron chi connectivity index (χ3n) is 0.624. The lowest BCUT2D eigenvalue weighted by Gasteiger charge is -2.11. The third kappa shape index (κ3) is 6.08. The van der Waals surface area contributed by atoms with Crippen LogP contribution >= 0.6 is 56.8 Å². The van der Waals surface area contributed by atoms with Gasteiger partial charge in [-0.25, -0.2) is 0 Å². The van der Waals surface area contributed by atoms with E-state index in [1.807, 2.05) is 0 Å². The van der Waals surface area contributed by atoms with E-state index in [9.17, 15) is 0 Å². The smallest absolute Gasteiger partial charge is 0.173 e. The number of rotatable bonds is 5. The van der Waals surface area contributed by atoms with Crippen LogP contribution in [-0.4, -0.2) is 21.4 Å². The van der Waals surface area contributed by atoms with Gasteiger partial charge in [0.05, 0.1) is 5.88 Å². The van der Waals surface area contributed by atoms with E-state index >= 15 is 0 Å². The van der Waals surface area contributed by atoms with Crippen LogP contribution in [0, 0.1) is 0 Å². The van der Waals surface area contributed by atoms with Crippen molar-refractivity contribution in [1.29, 1.82) is 0 Å². The summed E-state index contributed by atoms with van der Waals surface area (Å²) in [6, 6.07) is 0. The van der Waals surface area contributed by atoms with Gasteiger partial charge < -0.3 is 9.47 Å². The Bertz CT molecular complexity index is 58.5. The average Bonchev–Trinajstić information content (AvgIpc) is 1.88. The van der Waals surface area contributed by atoms with Gasteiger partial charge in [-0.2, -0.15) is 0 Å². The van der Waals surface area contributed by atoms with Gasteiger partial charge in [-0.15, -0.1) is 11.6 Å². The van der Waals surface area contributed by atoms with E-state index in [4.69, 9.17) is 21.1 Å². The molecule has 9 heavy (non-hydrogen) atoms. The second-order valence-corrected chi connectivity index (χ2v) is 2.69. The SMILES string of the molecule is ClCC(OCI)OCI. The Labute approximate surface area is 86.9 Å². The van der Waals surface area contributed by atoms with Crippen LogP contribution in [0.2, 0.25) is 0 Å². The molecule has 0 unspecified atom stereocenters. The van der Waals surface area contributed by atoms with Gasteiger partial charge in [0, 0.05) is 0 Å². The molecule has 0 saturated carbocycles. The first-order valence-corrected chi connectivity index (χ1v) is 5.84. The molecule has 2 nitrogen and oxygen atoms in total. The van der Waals surface area contributed by atoms with Crippen molar-refractivity contribution in [3.8, 4) is 0 Å². The summed E-state index contributed by atoms with van der Waals surface area (Å²) in [4.78, 5) is 0. The summed E-state index contributed by atoms with van der Waals surface area (Å²) in [5, 5.41) is 0. The van der Waals surface area contributed by atoms with Crippen molar-refractivity contribution in [3.05, 3.63) is 0 Å². The molecule has 0 amide bonds. The minimum atomic E-state index is -0.236. The number of alkyl halides is 3. The van der Waals surface area contributed by atoms with E-state index in [2.05, 4.69) is 45.2 Å². The number of hydrogen-bond acceptors (Lipinski definition) is 2. The molecule has 0 atom stereocenters. The zero-order valence-electron chi connectivity index (χ0n) is 4.65. The first-order chi connectivity index (χ1) is 4.35. The molecule has 0 bridgehead atoms. The summed E-state index contributed by atoms with van der Waals surface area (Å²) in [6.45, 7) is 0. The van der Waals surface area contributed by atoms with Gasteiger partial charge in [0.1, 0.15) is 9.23 Å². The highest BCUT2D eigenvalue weighted by Crippen LogP contribution is 2.01. The Balaban J connectivity index is 3.18. The van der Waals surface area contributed by atoms with Gasteiger partial charge >= 0.3 is 0 Å². The lowest BCUT2D eigenvalue weighted by Crippen LogP contribution is -2.17. The molecular formula is C4H7ClI2O2. The fraction of sp³-hybridized carbons (Fsp3) is 1.00. The van der Waals surface area contributed by atoms with Gasteiger partial charge in [-0.05, 0) is 0 Å². The first kappa shape index (κ1) is 10.7. The largest absolute Gasteiger partial charge is 0.341 e. The predicted molar refractivity (Wildman–Crippen MR) is 54.5 cm³/mol. The van der Waals surface area contributed by atoms with E-state index < -0.39 is 0 Å². The molecule has 0 aromatic carbocycles. The van der Waals surface area contributed by atoms with Crippen molar-refractivity contribution < 1.29 is 9.47 Å². The lowest BCUT2D eigenvalue weighted by molar-refractivity contribution is -0.0911. The summed E-state index contributed by atoms with van der Waals surface area (Å²) in [7, 11) is 0. The molecule has 56 valence electrons. The standard InChI is InChI=1S/C4H7ClI2O2/c5-1-4(8-2-6)9-3-7/h4H,1-3H2. The molecular weight excluding hydrogens is 369 g/mol. The maximum atomic E-state index is 5.47. The maximum absolute atomic E-state index is 5.47. The second kappa shape index (κ2) is 7.77. The van der Waals surface area contributed by atoms with Crippen LogP contribution in [-0.2, 0) is 9.47 Å². The average molecular weight is 376 g/mol. The van der Waals surface area contributed by atoms with Gasteiger partial charge in [0.15, 0.2) is 6.29 Å². The topological polar surface area (TPSA) is 18.5 Å². The van der Waals surface area contributed by atoms with E-state index in [1.54, 1.807) is 0 Å². The minimum Gasteiger partial charge on any atom is -0.341 e. The highest BCUT2D eigenvalue weighted by Gasteiger charge is 2.04. The molecule has 0 rings (SSSR count). The van der Waals surface area contributed by atoms with Crippen molar-refractivity contribution in [3.63, 3.8) is 0 Å². The Morgan fingerprint density at radius 3 is 1.89 bits per heavy atom. The van der Waals surface area contributed by atoms with Crippen molar-refractivity contribution in [2.45, 2.75) is 6.29 Å². The Hall–Kier alpha value is 1.67. The van der Waals surface area contributed by atoms with Crippen LogP contribution in [0.15, 0.2) is 0 Å². The number of ether oxygens (including phenoxy) is 2. The molecule has 0 aromatic rings. The van der Waals surface area contributed by atoms with E-state index in [0.717, 1.165) is 0 Å². The van der Waals surface area contributed by atoms with Gasteiger partial charge in [-0.1, -0.05) is 45.2 Å². The molecule has 0 N–H and O–H groups in total. The monoisotopic (exact) mass is 376 g/mol. The molecule has 0 spiro atoms. The van der Waals surface area contributed by atoms with Gasteiger partial charge in [0.25, 0.3) is 0 Å². The minimum absolute atomic E-state index is 0.236. The summed E-state index contributed by atoms with van der Waals surface area (Å²) in [5.74, 6) is 0.395. The summed E-state index contributed by atoms with van der Waals surface area (Å²) in [6.07, 6.45) is -0.236. The highest BCUT2D eigenvalue weighted by atomic mass is 127. The third-order valence-corrected chi connectivity index (χ3v) is 1.59. The molecule has 0 aromatic heterocycles. The van der Waals surface area contributed by atoms with E-state index in [0.29, 0.717) is 15.1 Å². The van der Waals surface area contributed by atoms with Crippen molar-refractivity contribution in [2.24, 2.45) is 0 Å².